The molecule has 8 nitrogen and oxygen atoms in total. The third kappa shape index (κ3) is 3.36. The highest BCUT2D eigenvalue weighted by atomic mass is 16.5. The molecule has 1 saturated heterocycles. The number of nitrogens with one attached hydrogen (secondary N) is 1. The van der Waals surface area contributed by atoms with Crippen molar-refractivity contribution in [2.75, 3.05) is 20.8 Å². The van der Waals surface area contributed by atoms with E-state index in [1.54, 1.807) is 42.4 Å². The van der Waals surface area contributed by atoms with Crippen molar-refractivity contribution < 1.29 is 23.5 Å². The van der Waals surface area contributed by atoms with Gasteiger partial charge in [0.05, 0.1) is 27.0 Å². The summed E-state index contributed by atoms with van der Waals surface area (Å²) in [5.74, 6) is 1.69. The maximum Gasteiger partial charge on any atom is 0.246 e. The maximum atomic E-state index is 13.8. The summed E-state index contributed by atoms with van der Waals surface area (Å²) in [5.41, 5.74) is 3.73. The Morgan fingerprint density at radius 1 is 1.06 bits per heavy atom. The fraction of sp³-hybridized carbons (Fsp3) is 0.259. The van der Waals surface area contributed by atoms with Gasteiger partial charge in [0, 0.05) is 34.6 Å². The number of fused-ring (bicyclic) bond motifs is 4. The zero-order valence-electron chi connectivity index (χ0n) is 19.5. The molecule has 2 aromatic heterocycles. The van der Waals surface area contributed by atoms with E-state index < -0.39 is 12.1 Å². The second kappa shape index (κ2) is 8.23. The molecule has 1 fully saturated rings. The molecule has 0 bridgehead atoms. The Morgan fingerprint density at radius 2 is 1.91 bits per heavy atom. The minimum absolute atomic E-state index is 0.0133. The monoisotopic (exact) mass is 471 g/mol. The average Bonchev–Trinajstić information content (AvgIpc) is 3.53. The first kappa shape index (κ1) is 21.3. The molecule has 0 spiro atoms. The molecule has 2 aliphatic rings. The van der Waals surface area contributed by atoms with Gasteiger partial charge in [-0.15, -0.1) is 0 Å². The fourth-order valence-corrected chi connectivity index (χ4v) is 5.42. The summed E-state index contributed by atoms with van der Waals surface area (Å²) in [4.78, 5) is 34.3. The van der Waals surface area contributed by atoms with Crippen molar-refractivity contribution >= 4 is 22.7 Å². The topological polar surface area (TPSA) is 88.0 Å². The molecule has 2 aromatic carbocycles. The van der Waals surface area contributed by atoms with E-state index in [0.29, 0.717) is 23.7 Å². The summed E-state index contributed by atoms with van der Waals surface area (Å²) in [7, 11) is 3.19. The van der Waals surface area contributed by atoms with Gasteiger partial charge in [0.1, 0.15) is 35.9 Å². The Bertz CT molecular complexity index is 1420. The Balaban J connectivity index is 1.51. The van der Waals surface area contributed by atoms with E-state index in [-0.39, 0.29) is 24.9 Å². The quantitative estimate of drug-likeness (QED) is 0.480. The van der Waals surface area contributed by atoms with Crippen LogP contribution in [0.4, 0.5) is 0 Å². The molecule has 2 amide bonds. The van der Waals surface area contributed by atoms with Gasteiger partial charge in [-0.1, -0.05) is 18.2 Å². The lowest BCUT2D eigenvalue weighted by molar-refractivity contribution is -0.159. The van der Waals surface area contributed by atoms with Crippen LogP contribution in [0.3, 0.4) is 0 Å². The van der Waals surface area contributed by atoms with Gasteiger partial charge >= 0.3 is 0 Å². The predicted octanol–water partition coefficient (Wildman–Crippen LogP) is 3.66. The number of ether oxygens (including phenoxy) is 2. The Kier molecular flexibility index (Phi) is 5.02. The summed E-state index contributed by atoms with van der Waals surface area (Å²) in [6, 6.07) is 16.1. The van der Waals surface area contributed by atoms with Crippen LogP contribution in [0, 0.1) is 0 Å². The molecule has 6 rings (SSSR count). The molecular weight excluding hydrogens is 446 g/mol. The summed E-state index contributed by atoms with van der Waals surface area (Å²) in [5, 5.41) is 1.06. The van der Waals surface area contributed by atoms with E-state index in [0.717, 1.165) is 27.7 Å². The van der Waals surface area contributed by atoms with E-state index in [9.17, 15) is 9.59 Å². The lowest BCUT2D eigenvalue weighted by Crippen LogP contribution is -2.62. The number of aromatic nitrogens is 1. The minimum Gasteiger partial charge on any atom is -0.497 e. The number of nitrogens with zero attached hydrogens (tertiary/aromatic N) is 2. The maximum absolute atomic E-state index is 13.8. The lowest BCUT2D eigenvalue weighted by Gasteiger charge is -2.47. The van der Waals surface area contributed by atoms with Crippen LogP contribution in [0.1, 0.15) is 28.6 Å². The van der Waals surface area contributed by atoms with Crippen molar-refractivity contribution in [2.24, 2.45) is 0 Å². The van der Waals surface area contributed by atoms with Crippen molar-refractivity contribution in [3.8, 4) is 11.5 Å². The van der Waals surface area contributed by atoms with Gasteiger partial charge < -0.3 is 28.7 Å². The van der Waals surface area contributed by atoms with Crippen molar-refractivity contribution in [1.29, 1.82) is 0 Å². The molecule has 1 N–H and O–H groups in total. The number of hydrogen-bond acceptors (Lipinski definition) is 5. The number of carbonyl (C=O) groups excluding carboxylic acids is 2. The molecule has 2 atom stereocenters. The van der Waals surface area contributed by atoms with Crippen LogP contribution in [0.5, 0.6) is 11.5 Å². The van der Waals surface area contributed by atoms with Gasteiger partial charge in [0.15, 0.2) is 0 Å². The number of aromatic amines is 1. The van der Waals surface area contributed by atoms with E-state index in [1.807, 2.05) is 36.4 Å². The molecular formula is C27H25N3O5. The Labute approximate surface area is 202 Å². The van der Waals surface area contributed by atoms with Crippen molar-refractivity contribution in [3.05, 3.63) is 83.4 Å². The van der Waals surface area contributed by atoms with Crippen LogP contribution in [0.15, 0.2) is 65.3 Å². The SMILES string of the molecule is COc1ccc(C2c3[nH]c4ccccc4c3C[C@H]3C(=O)N(Cc4ccco4)CC(=O)N23)c(OC)c1. The molecule has 1 unspecified atom stereocenters. The highest BCUT2D eigenvalue weighted by molar-refractivity contribution is 5.97. The summed E-state index contributed by atoms with van der Waals surface area (Å²) >= 11 is 0. The zero-order chi connectivity index (χ0) is 24.1. The molecule has 0 radical (unpaired) electrons. The second-order valence-corrected chi connectivity index (χ2v) is 8.87. The summed E-state index contributed by atoms with van der Waals surface area (Å²) in [6.07, 6.45) is 2.01. The minimum atomic E-state index is -0.630. The summed E-state index contributed by atoms with van der Waals surface area (Å²) < 4.78 is 16.6. The first-order valence-corrected chi connectivity index (χ1v) is 11.5. The van der Waals surface area contributed by atoms with Crippen LogP contribution in [-0.2, 0) is 22.6 Å². The van der Waals surface area contributed by atoms with Crippen LogP contribution in [0.2, 0.25) is 0 Å². The third-order valence-electron chi connectivity index (χ3n) is 7.00. The van der Waals surface area contributed by atoms with E-state index in [4.69, 9.17) is 13.9 Å². The Morgan fingerprint density at radius 3 is 2.69 bits per heavy atom. The molecule has 4 aromatic rings. The number of rotatable bonds is 5. The highest BCUT2D eigenvalue weighted by Gasteiger charge is 2.49. The number of hydrogen-bond donors (Lipinski definition) is 1. The van der Waals surface area contributed by atoms with E-state index >= 15 is 0 Å². The van der Waals surface area contributed by atoms with Gasteiger partial charge in [0.25, 0.3) is 0 Å². The number of furan rings is 1. The average molecular weight is 472 g/mol. The second-order valence-electron chi connectivity index (χ2n) is 8.87. The number of carbonyl (C=O) groups is 2. The first-order chi connectivity index (χ1) is 17.1. The molecule has 0 saturated carbocycles. The first-order valence-electron chi connectivity index (χ1n) is 11.5. The third-order valence-corrected chi connectivity index (χ3v) is 7.00. The number of benzene rings is 2. The van der Waals surface area contributed by atoms with Crippen LogP contribution in [-0.4, -0.2) is 53.4 Å². The van der Waals surface area contributed by atoms with Crippen molar-refractivity contribution in [1.82, 2.24) is 14.8 Å². The Hall–Kier alpha value is -4.20. The van der Waals surface area contributed by atoms with E-state index in [1.165, 1.54) is 0 Å². The molecule has 35 heavy (non-hydrogen) atoms. The van der Waals surface area contributed by atoms with Gasteiger partial charge in [-0.25, -0.2) is 0 Å². The molecule has 2 aliphatic heterocycles. The van der Waals surface area contributed by atoms with Crippen LogP contribution >= 0.6 is 0 Å². The van der Waals surface area contributed by atoms with Crippen molar-refractivity contribution in [3.63, 3.8) is 0 Å². The molecule has 4 heterocycles. The lowest BCUT2D eigenvalue weighted by atomic mass is 9.85. The number of amides is 2. The summed E-state index contributed by atoms with van der Waals surface area (Å²) in [6.45, 7) is 0.250. The normalized spacial score (nSPS) is 19.6. The standard InChI is InChI=1S/C27H25N3O5/c1-33-16-9-10-19(23(12-16)34-2)26-25-20(18-7-3-4-8-21(18)28-25)13-22-27(32)29(15-24(31)30(22)26)14-17-6-5-11-35-17/h3-12,22,26,28H,13-15H2,1-2H3/t22-,26?/m0/s1. The predicted molar refractivity (Wildman–Crippen MR) is 128 cm³/mol. The van der Waals surface area contributed by atoms with E-state index in [2.05, 4.69) is 11.1 Å². The van der Waals surface area contributed by atoms with Gasteiger partial charge in [0.2, 0.25) is 11.8 Å². The van der Waals surface area contributed by atoms with Crippen molar-refractivity contribution in [2.45, 2.75) is 25.0 Å². The zero-order valence-corrected chi connectivity index (χ0v) is 19.5. The smallest absolute Gasteiger partial charge is 0.246 e. The van der Waals surface area contributed by atoms with Gasteiger partial charge in [-0.05, 0) is 35.9 Å². The van der Waals surface area contributed by atoms with Gasteiger partial charge in [-0.3, -0.25) is 9.59 Å². The largest absolute Gasteiger partial charge is 0.497 e. The van der Waals surface area contributed by atoms with Crippen LogP contribution in [0.25, 0.3) is 10.9 Å². The molecule has 178 valence electrons. The molecule has 8 heteroatoms. The fourth-order valence-electron chi connectivity index (χ4n) is 5.42. The number of methoxy groups -OCH3 is 2. The molecule has 0 aliphatic carbocycles. The van der Waals surface area contributed by atoms with Gasteiger partial charge in [-0.2, -0.15) is 0 Å². The number of H-pyrrole nitrogens is 1. The number of para-hydroxylation sites is 1. The van der Waals surface area contributed by atoms with Crippen LogP contribution < -0.4 is 9.47 Å². The number of piperazine rings is 1. The highest BCUT2D eigenvalue weighted by Crippen LogP contribution is 2.45.